The first-order valence-electron chi connectivity index (χ1n) is 5.96. The van der Waals surface area contributed by atoms with E-state index in [9.17, 15) is 0 Å². The monoisotopic (exact) mass is 238 g/mol. The van der Waals surface area contributed by atoms with Gasteiger partial charge in [-0.05, 0) is 17.7 Å². The molecule has 0 atom stereocenters. The zero-order valence-electron chi connectivity index (χ0n) is 9.95. The summed E-state index contributed by atoms with van der Waals surface area (Å²) in [7, 11) is 0. The second-order valence-corrected chi connectivity index (χ2v) is 4.15. The molecule has 0 saturated carbocycles. The van der Waals surface area contributed by atoms with Crippen LogP contribution < -0.4 is 5.32 Å². The molecule has 2 aromatic carbocycles. The molecule has 4 nitrogen and oxygen atoms in total. The molecule has 1 heterocycles. The van der Waals surface area contributed by atoms with E-state index in [4.69, 9.17) is 0 Å². The zero-order chi connectivity index (χ0) is 12.2. The maximum absolute atomic E-state index is 4.13. The van der Waals surface area contributed by atoms with E-state index >= 15 is 0 Å². The van der Waals surface area contributed by atoms with Crippen molar-refractivity contribution in [1.29, 1.82) is 0 Å². The number of fused-ring (bicyclic) bond motifs is 1. The van der Waals surface area contributed by atoms with Crippen LogP contribution in [0.15, 0.2) is 54.6 Å². The van der Waals surface area contributed by atoms with Crippen LogP contribution >= 0.6 is 0 Å². The Morgan fingerprint density at radius 2 is 1.72 bits per heavy atom. The van der Waals surface area contributed by atoms with Gasteiger partial charge in [0, 0.05) is 6.54 Å². The summed E-state index contributed by atoms with van der Waals surface area (Å²) >= 11 is 0. The predicted molar refractivity (Wildman–Crippen MR) is 70.8 cm³/mol. The van der Waals surface area contributed by atoms with Crippen molar-refractivity contribution in [3.8, 4) is 0 Å². The maximum Gasteiger partial charge on any atom is 0.113 e. The van der Waals surface area contributed by atoms with Gasteiger partial charge < -0.3 is 0 Å². The molecule has 0 unspecified atom stereocenters. The van der Waals surface area contributed by atoms with Crippen molar-refractivity contribution in [1.82, 2.24) is 20.3 Å². The summed E-state index contributed by atoms with van der Waals surface area (Å²) in [5, 5.41) is 11.6. The van der Waals surface area contributed by atoms with Gasteiger partial charge in [0.15, 0.2) is 0 Å². The third kappa shape index (κ3) is 2.24. The molecule has 0 aliphatic carbocycles. The van der Waals surface area contributed by atoms with Gasteiger partial charge in [0.25, 0.3) is 0 Å². The molecule has 0 aliphatic rings. The first kappa shape index (κ1) is 10.9. The largest absolute Gasteiger partial charge is 0.294 e. The highest BCUT2D eigenvalue weighted by Gasteiger charge is 2.01. The standard InChI is InChI=1S/C14H14N4/c1-2-6-12(7-3-1)10-15-11-18-14-9-5-4-8-13(14)16-17-18/h1-9,15H,10-11H2. The topological polar surface area (TPSA) is 42.7 Å². The Labute approximate surface area is 105 Å². The van der Waals surface area contributed by atoms with E-state index in [-0.39, 0.29) is 0 Å². The zero-order valence-corrected chi connectivity index (χ0v) is 9.95. The summed E-state index contributed by atoms with van der Waals surface area (Å²) in [6.45, 7) is 1.49. The number of nitrogens with zero attached hydrogens (tertiary/aromatic N) is 3. The summed E-state index contributed by atoms with van der Waals surface area (Å²) in [6.07, 6.45) is 0. The number of hydrogen-bond acceptors (Lipinski definition) is 3. The van der Waals surface area contributed by atoms with Gasteiger partial charge in [0.05, 0.1) is 12.2 Å². The SMILES string of the molecule is c1ccc(CNCn2nnc3ccccc32)cc1. The van der Waals surface area contributed by atoms with E-state index in [0.29, 0.717) is 6.67 Å². The highest BCUT2D eigenvalue weighted by Crippen LogP contribution is 2.08. The molecule has 3 aromatic rings. The highest BCUT2D eigenvalue weighted by atomic mass is 15.4. The second kappa shape index (κ2) is 4.98. The van der Waals surface area contributed by atoms with E-state index in [1.165, 1.54) is 5.56 Å². The van der Waals surface area contributed by atoms with Crippen molar-refractivity contribution >= 4 is 11.0 Å². The quantitative estimate of drug-likeness (QED) is 0.757. The normalized spacial score (nSPS) is 10.9. The molecule has 0 aliphatic heterocycles. The Morgan fingerprint density at radius 3 is 2.61 bits per heavy atom. The van der Waals surface area contributed by atoms with E-state index in [1.54, 1.807) is 0 Å². The second-order valence-electron chi connectivity index (χ2n) is 4.15. The van der Waals surface area contributed by atoms with Crippen molar-refractivity contribution < 1.29 is 0 Å². The summed E-state index contributed by atoms with van der Waals surface area (Å²) < 4.78 is 1.87. The van der Waals surface area contributed by atoms with Gasteiger partial charge in [-0.25, -0.2) is 4.68 Å². The number of benzene rings is 2. The van der Waals surface area contributed by atoms with Gasteiger partial charge in [-0.2, -0.15) is 0 Å². The van der Waals surface area contributed by atoms with E-state index in [2.05, 4.69) is 27.8 Å². The molecular formula is C14H14N4. The Morgan fingerprint density at radius 1 is 0.944 bits per heavy atom. The van der Waals surface area contributed by atoms with Crippen molar-refractivity contribution in [2.75, 3.05) is 0 Å². The molecule has 0 fully saturated rings. The summed E-state index contributed by atoms with van der Waals surface area (Å²) in [4.78, 5) is 0. The van der Waals surface area contributed by atoms with Crippen LogP contribution in [0.2, 0.25) is 0 Å². The average molecular weight is 238 g/mol. The minimum absolute atomic E-state index is 0.662. The molecule has 1 N–H and O–H groups in total. The van der Waals surface area contributed by atoms with E-state index in [0.717, 1.165) is 17.6 Å². The maximum atomic E-state index is 4.13. The van der Waals surface area contributed by atoms with Gasteiger partial charge in [0.1, 0.15) is 5.52 Å². The molecule has 0 spiro atoms. The number of nitrogens with one attached hydrogen (secondary N) is 1. The molecule has 1 aromatic heterocycles. The lowest BCUT2D eigenvalue weighted by molar-refractivity contribution is 0.510. The third-order valence-electron chi connectivity index (χ3n) is 2.85. The molecule has 4 heteroatoms. The molecule has 0 amide bonds. The first-order valence-corrected chi connectivity index (χ1v) is 5.96. The summed E-state index contributed by atoms with van der Waals surface area (Å²) in [5.74, 6) is 0. The van der Waals surface area contributed by atoms with Gasteiger partial charge in [-0.1, -0.05) is 47.7 Å². The fourth-order valence-electron chi connectivity index (χ4n) is 1.94. The highest BCUT2D eigenvalue weighted by molar-refractivity contribution is 5.73. The van der Waals surface area contributed by atoms with Crippen LogP contribution in [0.1, 0.15) is 5.56 Å². The van der Waals surface area contributed by atoms with Crippen molar-refractivity contribution in [2.24, 2.45) is 0 Å². The van der Waals surface area contributed by atoms with E-state index < -0.39 is 0 Å². The van der Waals surface area contributed by atoms with Crippen molar-refractivity contribution in [2.45, 2.75) is 13.2 Å². The average Bonchev–Trinajstić information content (AvgIpc) is 2.84. The van der Waals surface area contributed by atoms with Crippen LogP contribution in [0, 0.1) is 0 Å². The van der Waals surface area contributed by atoms with Crippen LogP contribution in [-0.2, 0) is 13.2 Å². The fraction of sp³-hybridized carbons (Fsp3) is 0.143. The van der Waals surface area contributed by atoms with Gasteiger partial charge in [0.2, 0.25) is 0 Å². The lowest BCUT2D eigenvalue weighted by Crippen LogP contribution is -2.18. The minimum Gasteiger partial charge on any atom is -0.294 e. The molecule has 18 heavy (non-hydrogen) atoms. The van der Waals surface area contributed by atoms with Gasteiger partial charge in [-0.15, -0.1) is 5.10 Å². The molecule has 0 radical (unpaired) electrons. The van der Waals surface area contributed by atoms with Gasteiger partial charge in [-0.3, -0.25) is 5.32 Å². The van der Waals surface area contributed by atoms with Crippen LogP contribution in [-0.4, -0.2) is 15.0 Å². The molecule has 0 saturated heterocycles. The Bertz CT molecular complexity index is 630. The van der Waals surface area contributed by atoms with Crippen molar-refractivity contribution in [3.05, 3.63) is 60.2 Å². The lowest BCUT2D eigenvalue weighted by atomic mass is 10.2. The smallest absolute Gasteiger partial charge is 0.113 e. The Balaban J connectivity index is 1.67. The number of rotatable bonds is 4. The lowest BCUT2D eigenvalue weighted by Gasteiger charge is -2.05. The Kier molecular flexibility index (Phi) is 3.02. The van der Waals surface area contributed by atoms with Gasteiger partial charge >= 0.3 is 0 Å². The molecular weight excluding hydrogens is 224 g/mol. The molecule has 90 valence electrons. The fourth-order valence-corrected chi connectivity index (χ4v) is 1.94. The summed E-state index contributed by atoms with van der Waals surface area (Å²) in [6, 6.07) is 18.3. The summed E-state index contributed by atoms with van der Waals surface area (Å²) in [5.41, 5.74) is 3.25. The van der Waals surface area contributed by atoms with Crippen LogP contribution in [0.25, 0.3) is 11.0 Å². The number of para-hydroxylation sites is 1. The Hall–Kier alpha value is -2.20. The molecule has 0 bridgehead atoms. The number of aromatic nitrogens is 3. The molecule has 3 rings (SSSR count). The van der Waals surface area contributed by atoms with Crippen LogP contribution in [0.3, 0.4) is 0 Å². The van der Waals surface area contributed by atoms with Crippen molar-refractivity contribution in [3.63, 3.8) is 0 Å². The van der Waals surface area contributed by atoms with E-state index in [1.807, 2.05) is 47.1 Å². The number of hydrogen-bond donors (Lipinski definition) is 1. The van der Waals surface area contributed by atoms with Crippen LogP contribution in [0.5, 0.6) is 0 Å². The first-order chi connectivity index (χ1) is 8.93. The third-order valence-corrected chi connectivity index (χ3v) is 2.85. The van der Waals surface area contributed by atoms with Crippen LogP contribution in [0.4, 0.5) is 0 Å². The predicted octanol–water partition coefficient (Wildman–Crippen LogP) is 2.18. The minimum atomic E-state index is 0.662.